The first-order valence-corrected chi connectivity index (χ1v) is 29.7. The first-order chi connectivity index (χ1) is 39.3. The summed E-state index contributed by atoms with van der Waals surface area (Å²) >= 11 is 0. The Kier molecular flexibility index (Phi) is 30.8. The fraction of sp³-hybridized carbons (Fsp3) is 0.619. The monoisotopic (exact) mass is 1140 g/mol. The number of nitrogens with two attached hydrogens (primary N) is 1. The molecule has 0 radical (unpaired) electrons. The number of ether oxygens (including phenoxy) is 2. The zero-order chi connectivity index (χ0) is 61.1. The zero-order valence-corrected chi connectivity index (χ0v) is 51.3. The molecule has 19 nitrogen and oxygen atoms in total. The van der Waals surface area contributed by atoms with Gasteiger partial charge in [0.1, 0.15) is 6.04 Å². The number of hydrogen-bond donors (Lipinski definition) is 4. The van der Waals surface area contributed by atoms with Gasteiger partial charge in [0.05, 0.1) is 49.2 Å². The predicted octanol–water partition coefficient (Wildman–Crippen LogP) is 6.53. The maximum Gasteiger partial charge on any atom is 0.253 e. The minimum absolute atomic E-state index is 0.0107. The maximum absolute atomic E-state index is 14.4. The summed E-state index contributed by atoms with van der Waals surface area (Å²) in [5, 5.41) is 8.87. The lowest BCUT2D eigenvalue weighted by Crippen LogP contribution is -2.56. The van der Waals surface area contributed by atoms with Crippen LogP contribution in [0.15, 0.2) is 79.5 Å². The Labute approximate surface area is 489 Å². The normalized spacial score (nSPS) is 20.0. The molecule has 9 unspecified atom stereocenters. The van der Waals surface area contributed by atoms with Crippen molar-refractivity contribution in [2.45, 2.75) is 181 Å². The molecule has 5 N–H and O–H groups in total. The summed E-state index contributed by atoms with van der Waals surface area (Å²) in [5.74, 6) is -2.53. The van der Waals surface area contributed by atoms with Gasteiger partial charge in [0.2, 0.25) is 35.4 Å². The van der Waals surface area contributed by atoms with Gasteiger partial charge in [0, 0.05) is 84.7 Å². The average molecular weight is 1140 g/mol. The molecule has 82 heavy (non-hydrogen) atoms. The highest BCUT2D eigenvalue weighted by Gasteiger charge is 2.48. The van der Waals surface area contributed by atoms with E-state index in [0.29, 0.717) is 75.8 Å². The SMILES string of the molecule is C=CN.CC.CCC.CCC(C)C(C(CC(=O)N1CCCC1C(OC)C(C)C(=O)N[C@@H](Cc1ccccc1)C(=O)N(C)c1ccc(CNC(=O)CCCCCN2C(=O)C=CC2=O)cc1)OC)N(C)C(=O)CNC(=O)C1C2CCC(C2)N1C. The first-order valence-electron chi connectivity index (χ1n) is 29.7. The third-order valence-electron chi connectivity index (χ3n) is 16.1. The van der Waals surface area contributed by atoms with Gasteiger partial charge in [-0.1, -0.05) is 117 Å². The lowest BCUT2D eigenvalue weighted by atomic mass is 9.90. The van der Waals surface area contributed by atoms with Crippen LogP contribution in [0.5, 0.6) is 0 Å². The molecule has 2 aromatic rings. The molecule has 2 bridgehead atoms. The average Bonchev–Trinajstić information content (AvgIpc) is 4.34. The van der Waals surface area contributed by atoms with E-state index in [1.54, 1.807) is 50.1 Å². The second kappa shape index (κ2) is 36.2. The minimum Gasteiger partial charge on any atom is -0.405 e. The molecular weight excluding hydrogens is 1040 g/mol. The summed E-state index contributed by atoms with van der Waals surface area (Å²) in [6.45, 7) is 18.1. The van der Waals surface area contributed by atoms with Crippen LogP contribution in [0.25, 0.3) is 0 Å². The molecular formula is C63H99N9O10. The number of unbranched alkanes of at least 4 members (excludes halogenated alkanes) is 2. The van der Waals surface area contributed by atoms with Crippen molar-refractivity contribution >= 4 is 52.9 Å². The van der Waals surface area contributed by atoms with E-state index in [-0.39, 0.29) is 72.7 Å². The predicted molar refractivity (Wildman–Crippen MR) is 322 cm³/mol. The van der Waals surface area contributed by atoms with E-state index in [0.717, 1.165) is 36.8 Å². The number of likely N-dealkylation sites (tertiary alicyclic amines) is 2. The van der Waals surface area contributed by atoms with Gasteiger partial charge in [-0.2, -0.15) is 0 Å². The Morgan fingerprint density at radius 2 is 1.49 bits per heavy atom. The van der Waals surface area contributed by atoms with Gasteiger partial charge in [0.15, 0.2) is 0 Å². The Balaban J connectivity index is 0.00000209. The van der Waals surface area contributed by atoms with Crippen LogP contribution in [0.1, 0.15) is 137 Å². The van der Waals surface area contributed by atoms with Gasteiger partial charge < -0.3 is 45.9 Å². The summed E-state index contributed by atoms with van der Waals surface area (Å²) in [6.07, 6.45) is 11.3. The van der Waals surface area contributed by atoms with Crippen molar-refractivity contribution in [3.05, 3.63) is 90.7 Å². The number of methoxy groups -OCH3 is 2. The van der Waals surface area contributed by atoms with Gasteiger partial charge >= 0.3 is 0 Å². The third-order valence-corrected chi connectivity index (χ3v) is 16.1. The molecule has 10 atom stereocenters. The standard InChI is InChI=1S/C56H80N8O10.C3H8.C2H5N.C2H6/c1-9-36(2)51(62(6)50(69)35-58-55(71)52-40-23-26-42(32-40)60(52)4)45(73-7)33-49(68)63-30-16-19-44(63)53(74-8)37(3)54(70)59-43(31-38-17-12-10-13-18-38)56(72)61(5)41-24-21-39(22-25-41)34-57-46(65)20-14-11-15-29-64-47(66)27-28-48(64)67;1-3-2;1-2-3;1-2/h10,12-13,17-18,21-22,24-25,27-28,36-37,40,42-45,51-53H,9,11,14-16,19-20,23,26,29-35H2,1-8H3,(H,57,65)(H,58,71)(H,59,70);3H2,1-2H3;2H,1,3H2;1-2H3/t36?,37?,40?,42?,43-,44?,45?,51?,52?,53?;;;/m0.../s1. The number of carbonyl (C=O) groups excluding carboxylic acids is 8. The quantitative estimate of drug-likeness (QED) is 0.0553. The van der Waals surface area contributed by atoms with Gasteiger partial charge in [0.25, 0.3) is 11.8 Å². The number of fused-ring (bicyclic) bond motifs is 2. The molecule has 2 aromatic carbocycles. The third kappa shape index (κ3) is 19.9. The van der Waals surface area contributed by atoms with Crippen molar-refractivity contribution in [3.63, 3.8) is 0 Å². The van der Waals surface area contributed by atoms with Crippen LogP contribution in [0.2, 0.25) is 0 Å². The Bertz CT molecular complexity index is 2370. The van der Waals surface area contributed by atoms with Crippen molar-refractivity contribution in [2.75, 3.05) is 59.9 Å². The second-order valence-corrected chi connectivity index (χ2v) is 21.7. The number of rotatable bonds is 27. The van der Waals surface area contributed by atoms with E-state index in [2.05, 4.69) is 47.0 Å². The molecule has 2 saturated heterocycles. The highest BCUT2D eigenvalue weighted by Crippen LogP contribution is 2.41. The van der Waals surface area contributed by atoms with E-state index in [9.17, 15) is 38.4 Å². The van der Waals surface area contributed by atoms with Crippen molar-refractivity contribution in [1.82, 2.24) is 35.6 Å². The number of likely N-dealkylation sites (N-methyl/N-ethyl adjacent to an activating group) is 3. The number of nitrogens with one attached hydrogen (secondary N) is 3. The summed E-state index contributed by atoms with van der Waals surface area (Å²) in [4.78, 5) is 114. The molecule has 19 heteroatoms. The smallest absolute Gasteiger partial charge is 0.253 e. The molecule has 3 aliphatic heterocycles. The number of hydrogen-bond acceptors (Lipinski definition) is 12. The van der Waals surface area contributed by atoms with E-state index in [1.165, 1.54) is 41.7 Å². The largest absolute Gasteiger partial charge is 0.405 e. The van der Waals surface area contributed by atoms with Crippen LogP contribution in [0, 0.1) is 17.8 Å². The molecule has 4 aliphatic rings. The van der Waals surface area contributed by atoms with Gasteiger partial charge in [-0.3, -0.25) is 48.2 Å². The van der Waals surface area contributed by atoms with Crippen LogP contribution in [0.3, 0.4) is 0 Å². The number of amides is 8. The summed E-state index contributed by atoms with van der Waals surface area (Å²) in [7, 11) is 8.42. The number of benzene rings is 2. The minimum atomic E-state index is -0.949. The van der Waals surface area contributed by atoms with Crippen LogP contribution in [-0.2, 0) is 60.8 Å². The van der Waals surface area contributed by atoms with E-state index in [1.807, 2.05) is 77.2 Å². The Hall–Kier alpha value is -6.44. The molecule has 6 rings (SSSR count). The second-order valence-electron chi connectivity index (χ2n) is 21.7. The topological polar surface area (TPSA) is 233 Å². The molecule has 1 aliphatic carbocycles. The molecule has 1 saturated carbocycles. The molecule has 3 heterocycles. The lowest BCUT2D eigenvalue weighted by Gasteiger charge is -2.39. The Morgan fingerprint density at radius 1 is 0.854 bits per heavy atom. The molecule has 456 valence electrons. The van der Waals surface area contributed by atoms with Crippen molar-refractivity contribution < 1.29 is 47.8 Å². The van der Waals surface area contributed by atoms with Crippen molar-refractivity contribution in [1.29, 1.82) is 0 Å². The number of carbonyl (C=O) groups is 8. The zero-order valence-electron chi connectivity index (χ0n) is 51.3. The Morgan fingerprint density at radius 3 is 2.06 bits per heavy atom. The van der Waals surface area contributed by atoms with Crippen LogP contribution in [-0.4, -0.2) is 164 Å². The molecule has 8 amide bonds. The van der Waals surface area contributed by atoms with Crippen LogP contribution >= 0.6 is 0 Å². The fourth-order valence-electron chi connectivity index (χ4n) is 11.5. The maximum atomic E-state index is 14.4. The summed E-state index contributed by atoms with van der Waals surface area (Å²) < 4.78 is 12.1. The van der Waals surface area contributed by atoms with E-state index in [4.69, 9.17) is 9.47 Å². The fourth-order valence-corrected chi connectivity index (χ4v) is 11.5. The number of anilines is 1. The van der Waals surface area contributed by atoms with Crippen LogP contribution < -0.4 is 26.6 Å². The van der Waals surface area contributed by atoms with Gasteiger partial charge in [-0.25, -0.2) is 0 Å². The number of nitrogens with zero attached hydrogens (tertiary/aromatic N) is 5. The first kappa shape index (κ1) is 69.8. The van der Waals surface area contributed by atoms with Gasteiger partial charge in [-0.05, 0) is 93.3 Å². The summed E-state index contributed by atoms with van der Waals surface area (Å²) in [5.41, 5.74) is 6.89. The van der Waals surface area contributed by atoms with Gasteiger partial charge in [-0.15, -0.1) is 0 Å². The number of imide groups is 1. The molecule has 0 spiro atoms. The van der Waals surface area contributed by atoms with Crippen molar-refractivity contribution in [3.8, 4) is 0 Å². The highest BCUT2D eigenvalue weighted by atomic mass is 16.5. The summed E-state index contributed by atoms with van der Waals surface area (Å²) in [6, 6.07) is 15.0. The highest BCUT2D eigenvalue weighted by molar-refractivity contribution is 6.12. The lowest BCUT2D eigenvalue weighted by molar-refractivity contribution is -0.146. The molecule has 3 fully saturated rings. The van der Waals surface area contributed by atoms with E-state index >= 15 is 0 Å². The van der Waals surface area contributed by atoms with E-state index < -0.39 is 42.2 Å². The number of piperidine rings is 1. The molecule has 0 aromatic heterocycles. The van der Waals surface area contributed by atoms with Crippen molar-refractivity contribution in [2.24, 2.45) is 23.5 Å². The van der Waals surface area contributed by atoms with Crippen LogP contribution in [0.4, 0.5) is 5.69 Å².